The van der Waals surface area contributed by atoms with Crippen LogP contribution < -0.4 is 4.72 Å². The van der Waals surface area contributed by atoms with Crippen LogP contribution in [0.2, 0.25) is 0 Å². The van der Waals surface area contributed by atoms with Crippen molar-refractivity contribution in [2.24, 2.45) is 0 Å². The molecule has 1 aliphatic heterocycles. The Bertz CT molecular complexity index is 1190. The summed E-state index contributed by atoms with van der Waals surface area (Å²) in [5.74, 6) is 0.102. The first kappa shape index (κ1) is 21.5. The van der Waals surface area contributed by atoms with E-state index in [1.807, 2.05) is 28.5 Å². The van der Waals surface area contributed by atoms with Gasteiger partial charge in [-0.05, 0) is 63.4 Å². The quantitative estimate of drug-likeness (QED) is 0.634. The fourth-order valence-electron chi connectivity index (χ4n) is 4.17. The van der Waals surface area contributed by atoms with Gasteiger partial charge in [0.15, 0.2) is 5.65 Å². The maximum absolute atomic E-state index is 13.1. The third kappa shape index (κ3) is 4.47. The summed E-state index contributed by atoms with van der Waals surface area (Å²) >= 11 is 0. The van der Waals surface area contributed by atoms with E-state index < -0.39 is 10.0 Å². The average Bonchev–Trinajstić information content (AvgIpc) is 3.18. The molecule has 1 saturated heterocycles. The Morgan fingerprint density at radius 2 is 1.97 bits per heavy atom. The topological polar surface area (TPSA) is 96.7 Å². The van der Waals surface area contributed by atoms with E-state index >= 15 is 0 Å². The van der Waals surface area contributed by atoms with Crippen LogP contribution in [0.4, 0.5) is 0 Å². The van der Waals surface area contributed by atoms with E-state index in [1.165, 1.54) is 7.05 Å². The molecule has 31 heavy (non-hydrogen) atoms. The smallest absolute Gasteiger partial charge is 0.240 e. The van der Waals surface area contributed by atoms with Crippen molar-refractivity contribution in [3.8, 4) is 0 Å². The van der Waals surface area contributed by atoms with Crippen molar-refractivity contribution < 1.29 is 13.2 Å². The molecule has 0 saturated carbocycles. The molecular formula is C22H27N5O3S. The maximum Gasteiger partial charge on any atom is 0.240 e. The van der Waals surface area contributed by atoms with Crippen molar-refractivity contribution >= 4 is 21.6 Å². The second kappa shape index (κ2) is 8.76. The third-order valence-corrected chi connectivity index (χ3v) is 7.23. The zero-order valence-electron chi connectivity index (χ0n) is 17.8. The van der Waals surface area contributed by atoms with Crippen molar-refractivity contribution in [2.45, 2.75) is 50.0 Å². The minimum Gasteiger partial charge on any atom is -0.334 e. The molecular weight excluding hydrogens is 414 g/mol. The van der Waals surface area contributed by atoms with E-state index in [1.54, 1.807) is 30.5 Å². The molecule has 164 valence electrons. The number of benzene rings is 1. The molecule has 9 heteroatoms. The molecule has 3 heterocycles. The summed E-state index contributed by atoms with van der Waals surface area (Å²) in [5.41, 5.74) is 3.63. The van der Waals surface area contributed by atoms with Crippen molar-refractivity contribution in [1.29, 1.82) is 0 Å². The van der Waals surface area contributed by atoms with Crippen LogP contribution in [0, 0.1) is 6.92 Å². The molecule has 0 unspecified atom stereocenters. The number of amides is 1. The van der Waals surface area contributed by atoms with E-state index in [0.717, 1.165) is 48.4 Å². The highest BCUT2D eigenvalue weighted by molar-refractivity contribution is 7.89. The van der Waals surface area contributed by atoms with E-state index in [4.69, 9.17) is 0 Å². The number of fused-ring (bicyclic) bond motifs is 1. The molecule has 8 nitrogen and oxygen atoms in total. The summed E-state index contributed by atoms with van der Waals surface area (Å²) in [4.78, 5) is 19.7. The standard InChI is InChI=1S/C22H27N5O3S/c1-16-15-21-24-13-12-20(27(21)25-16)19-5-3-4-14-26(19)22(28)11-8-17-6-9-18(10-7-17)31(29,30)23-2/h6-7,9-10,12-13,15,19,23H,3-5,8,11,14H2,1-2H3/t19-/m1/s1. The molecule has 1 N–H and O–H groups in total. The number of rotatable bonds is 6. The average molecular weight is 442 g/mol. The number of aromatic nitrogens is 3. The van der Waals surface area contributed by atoms with Crippen LogP contribution in [0.5, 0.6) is 0 Å². The molecule has 1 aromatic carbocycles. The largest absolute Gasteiger partial charge is 0.334 e. The van der Waals surface area contributed by atoms with Gasteiger partial charge in [0.05, 0.1) is 22.3 Å². The zero-order valence-corrected chi connectivity index (χ0v) is 18.6. The van der Waals surface area contributed by atoms with Gasteiger partial charge < -0.3 is 4.90 Å². The number of hydrogen-bond acceptors (Lipinski definition) is 5. The Balaban J connectivity index is 1.49. The lowest BCUT2D eigenvalue weighted by atomic mass is 9.98. The minimum atomic E-state index is -3.46. The lowest BCUT2D eigenvalue weighted by Crippen LogP contribution is -2.39. The molecule has 0 bridgehead atoms. The first-order chi connectivity index (χ1) is 14.9. The Hall–Kier alpha value is -2.78. The van der Waals surface area contributed by atoms with E-state index in [0.29, 0.717) is 12.8 Å². The molecule has 1 atom stereocenters. The highest BCUT2D eigenvalue weighted by Crippen LogP contribution is 2.31. The molecule has 0 aliphatic carbocycles. The Morgan fingerprint density at radius 1 is 1.19 bits per heavy atom. The van der Waals surface area contributed by atoms with Crippen molar-refractivity contribution in [2.75, 3.05) is 13.6 Å². The van der Waals surface area contributed by atoms with Crippen LogP contribution in [-0.4, -0.2) is 47.4 Å². The van der Waals surface area contributed by atoms with Crippen LogP contribution in [0.3, 0.4) is 0 Å². The summed E-state index contributed by atoms with van der Waals surface area (Å²) in [6.07, 6.45) is 5.69. The molecule has 1 amide bonds. The fraction of sp³-hybridized carbons (Fsp3) is 0.409. The van der Waals surface area contributed by atoms with Crippen LogP contribution in [0.25, 0.3) is 5.65 Å². The zero-order chi connectivity index (χ0) is 22.0. The van der Waals surface area contributed by atoms with Gasteiger partial charge in [0.2, 0.25) is 15.9 Å². The molecule has 0 radical (unpaired) electrons. The van der Waals surface area contributed by atoms with Gasteiger partial charge in [0.25, 0.3) is 0 Å². The lowest BCUT2D eigenvalue weighted by molar-refractivity contribution is -0.135. The summed E-state index contributed by atoms with van der Waals surface area (Å²) < 4.78 is 27.9. The van der Waals surface area contributed by atoms with Crippen molar-refractivity contribution in [1.82, 2.24) is 24.2 Å². The van der Waals surface area contributed by atoms with Gasteiger partial charge in [0, 0.05) is 25.2 Å². The highest BCUT2D eigenvalue weighted by Gasteiger charge is 2.29. The number of nitrogens with one attached hydrogen (secondary N) is 1. The normalized spacial score (nSPS) is 17.2. The fourth-order valence-corrected chi connectivity index (χ4v) is 4.90. The van der Waals surface area contributed by atoms with Crippen molar-refractivity contribution in [3.63, 3.8) is 0 Å². The summed E-state index contributed by atoms with van der Waals surface area (Å²) in [6, 6.07) is 10.6. The van der Waals surface area contributed by atoms with E-state index in [2.05, 4.69) is 14.8 Å². The number of sulfonamides is 1. The molecule has 0 spiro atoms. The highest BCUT2D eigenvalue weighted by atomic mass is 32.2. The Labute approximate surface area is 182 Å². The number of carbonyl (C=O) groups excluding carboxylic acids is 1. The number of likely N-dealkylation sites (tertiary alicyclic amines) is 1. The third-order valence-electron chi connectivity index (χ3n) is 5.80. The summed E-state index contributed by atoms with van der Waals surface area (Å²) in [5, 5.41) is 4.57. The minimum absolute atomic E-state index is 0.0193. The lowest BCUT2D eigenvalue weighted by Gasteiger charge is -2.36. The molecule has 1 aliphatic rings. The van der Waals surface area contributed by atoms with Crippen molar-refractivity contribution in [3.05, 3.63) is 59.5 Å². The van der Waals surface area contributed by atoms with Gasteiger partial charge in [0.1, 0.15) is 0 Å². The monoisotopic (exact) mass is 441 g/mol. The van der Waals surface area contributed by atoms with E-state index in [-0.39, 0.29) is 16.8 Å². The summed E-state index contributed by atoms with van der Waals surface area (Å²) in [6.45, 7) is 2.67. The predicted octanol–water partition coefficient (Wildman–Crippen LogP) is 2.63. The van der Waals surface area contributed by atoms with Crippen LogP contribution in [0.15, 0.2) is 47.5 Å². The molecule has 4 rings (SSSR count). The Kier molecular flexibility index (Phi) is 6.06. The van der Waals surface area contributed by atoms with Crippen LogP contribution >= 0.6 is 0 Å². The number of aryl methyl sites for hydroxylation is 2. The second-order valence-electron chi connectivity index (χ2n) is 7.88. The number of nitrogens with zero attached hydrogens (tertiary/aromatic N) is 4. The SMILES string of the molecule is CNS(=O)(=O)c1ccc(CCC(=O)N2CCCC[C@@H]2c2ccnc3cc(C)nn23)cc1. The maximum atomic E-state index is 13.1. The molecule has 2 aromatic heterocycles. The van der Waals surface area contributed by atoms with Gasteiger partial charge in [-0.1, -0.05) is 12.1 Å². The van der Waals surface area contributed by atoms with E-state index in [9.17, 15) is 13.2 Å². The Morgan fingerprint density at radius 3 is 2.71 bits per heavy atom. The first-order valence-electron chi connectivity index (χ1n) is 10.5. The molecule has 3 aromatic rings. The van der Waals surface area contributed by atoms with Gasteiger partial charge in [-0.25, -0.2) is 22.6 Å². The second-order valence-corrected chi connectivity index (χ2v) is 9.76. The number of piperidine rings is 1. The van der Waals surface area contributed by atoms with Gasteiger partial charge in [-0.15, -0.1) is 0 Å². The number of carbonyl (C=O) groups is 1. The van der Waals surface area contributed by atoms with Gasteiger partial charge >= 0.3 is 0 Å². The van der Waals surface area contributed by atoms with Gasteiger partial charge in [-0.3, -0.25) is 4.79 Å². The van der Waals surface area contributed by atoms with Crippen LogP contribution in [-0.2, 0) is 21.2 Å². The summed E-state index contributed by atoms with van der Waals surface area (Å²) in [7, 11) is -2.07. The predicted molar refractivity (Wildman–Crippen MR) is 117 cm³/mol. The van der Waals surface area contributed by atoms with Crippen LogP contribution in [0.1, 0.15) is 48.7 Å². The molecule has 1 fully saturated rings. The first-order valence-corrected chi connectivity index (χ1v) is 12.0. The van der Waals surface area contributed by atoms with Gasteiger partial charge in [-0.2, -0.15) is 5.10 Å². The number of hydrogen-bond donors (Lipinski definition) is 1.